The van der Waals surface area contributed by atoms with Crippen molar-refractivity contribution in [3.8, 4) is 22.3 Å². The van der Waals surface area contributed by atoms with Gasteiger partial charge in [-0.15, -0.1) is 0 Å². The summed E-state index contributed by atoms with van der Waals surface area (Å²) in [7, 11) is 1.83. The Labute approximate surface area is 344 Å². The second-order valence-electron chi connectivity index (χ2n) is 16.0. The van der Waals surface area contributed by atoms with E-state index in [4.69, 9.17) is 10.2 Å². The minimum Gasteiger partial charge on any atom is -0.456 e. The molecule has 0 radical (unpaired) electrons. The number of benzene rings is 9. The molecule has 59 heavy (non-hydrogen) atoms. The van der Waals surface area contributed by atoms with Crippen LogP contribution in [0.1, 0.15) is 41.7 Å². The summed E-state index contributed by atoms with van der Waals surface area (Å²) in [6, 6.07) is 62.7. The highest BCUT2D eigenvalue weighted by Gasteiger charge is 2.35. The van der Waals surface area contributed by atoms with Crippen LogP contribution in [0.2, 0.25) is 0 Å². The molecule has 11 rings (SSSR count). The second-order valence-corrected chi connectivity index (χ2v) is 16.0. The molecular formula is C55H45N3O. The number of nitrogens with one attached hydrogen (secondary N) is 1. The van der Waals surface area contributed by atoms with Gasteiger partial charge in [0.05, 0.1) is 0 Å². The predicted molar refractivity (Wildman–Crippen MR) is 249 cm³/mol. The predicted octanol–water partition coefficient (Wildman–Crippen LogP) is 13.3. The molecule has 1 aliphatic carbocycles. The minimum absolute atomic E-state index is 0.0674. The molecule has 0 fully saturated rings. The number of nitrogens with two attached hydrogens (primary N) is 1. The summed E-state index contributed by atoms with van der Waals surface area (Å²) in [5, 5.41) is 13.5. The van der Waals surface area contributed by atoms with Crippen molar-refractivity contribution in [2.45, 2.75) is 32.4 Å². The van der Waals surface area contributed by atoms with Gasteiger partial charge in [0, 0.05) is 41.9 Å². The number of fused-ring (bicyclic) bond motifs is 12. The maximum atomic E-state index is 6.11. The van der Waals surface area contributed by atoms with Crippen LogP contribution in [-0.4, -0.2) is 12.9 Å². The number of aliphatic imine (C=N–C) groups is 1. The van der Waals surface area contributed by atoms with E-state index in [1.807, 2.05) is 37.4 Å². The van der Waals surface area contributed by atoms with Crippen LogP contribution in [0.5, 0.6) is 0 Å². The molecule has 1 aromatic heterocycles. The molecule has 0 aliphatic heterocycles. The summed E-state index contributed by atoms with van der Waals surface area (Å²) in [5.74, 6) is 0.923. The fraction of sp³-hybridized carbons (Fsp3) is 0.109. The average Bonchev–Trinajstić information content (AvgIpc) is 3.78. The number of hydrogen-bond donors (Lipinski definition) is 2. The Morgan fingerprint density at radius 1 is 0.542 bits per heavy atom. The monoisotopic (exact) mass is 763 g/mol. The largest absolute Gasteiger partial charge is 0.456 e. The van der Waals surface area contributed by atoms with Crippen molar-refractivity contribution in [1.29, 1.82) is 0 Å². The van der Waals surface area contributed by atoms with E-state index in [-0.39, 0.29) is 5.41 Å². The van der Waals surface area contributed by atoms with Crippen LogP contribution in [0.4, 0.5) is 0 Å². The van der Waals surface area contributed by atoms with Gasteiger partial charge in [-0.05, 0) is 107 Å². The van der Waals surface area contributed by atoms with Gasteiger partial charge in [-0.3, -0.25) is 4.99 Å². The van der Waals surface area contributed by atoms with Crippen molar-refractivity contribution < 1.29 is 4.42 Å². The molecule has 10 aromatic rings. The van der Waals surface area contributed by atoms with Gasteiger partial charge in [-0.25, -0.2) is 0 Å². The summed E-state index contributed by atoms with van der Waals surface area (Å²) < 4.78 is 6.11. The van der Waals surface area contributed by atoms with E-state index in [1.54, 1.807) is 0 Å². The molecule has 4 nitrogen and oxygen atoms in total. The molecule has 4 heteroatoms. The van der Waals surface area contributed by atoms with E-state index >= 15 is 0 Å². The summed E-state index contributed by atoms with van der Waals surface area (Å²) in [4.78, 5) is 4.41. The van der Waals surface area contributed by atoms with E-state index in [2.05, 4.69) is 170 Å². The maximum absolute atomic E-state index is 6.11. The summed E-state index contributed by atoms with van der Waals surface area (Å²) >= 11 is 0. The normalized spacial score (nSPS) is 13.1. The van der Waals surface area contributed by atoms with Gasteiger partial charge in [0.2, 0.25) is 0 Å². The Bertz CT molecular complexity index is 3210. The highest BCUT2D eigenvalue weighted by molar-refractivity contribution is 6.25. The zero-order valence-electron chi connectivity index (χ0n) is 33.6. The third-order valence-corrected chi connectivity index (χ3v) is 12.3. The highest BCUT2D eigenvalue weighted by atomic mass is 16.3. The lowest BCUT2D eigenvalue weighted by Gasteiger charge is -2.21. The van der Waals surface area contributed by atoms with Crippen molar-refractivity contribution in [2.24, 2.45) is 10.7 Å². The lowest BCUT2D eigenvalue weighted by atomic mass is 9.82. The van der Waals surface area contributed by atoms with Crippen molar-refractivity contribution in [1.82, 2.24) is 5.32 Å². The number of hydrogen-bond acceptors (Lipinski definition) is 3. The van der Waals surface area contributed by atoms with E-state index in [1.165, 1.54) is 71.3 Å². The Morgan fingerprint density at radius 2 is 1.15 bits per heavy atom. The zero-order valence-corrected chi connectivity index (χ0v) is 33.6. The molecule has 0 amide bonds. The second kappa shape index (κ2) is 14.7. The molecule has 0 atom stereocenters. The summed E-state index contributed by atoms with van der Waals surface area (Å²) in [6.07, 6.45) is 0. The van der Waals surface area contributed by atoms with Crippen LogP contribution in [-0.2, 0) is 18.5 Å². The standard InChI is InChI=1S/C31H21NO.C24H24N2/c32-18-21-6-5-11-30-31(21)28-17-20(13-15-29(28)33-30)19-12-14-26-24-9-2-1-7-22(24)23-8-3-4-10-25(23)27(26)16-19;1-24(2)21-12-8-7-11-19(21)20-15-17(13-14-22(20)24)16-26-23(25-3)18-9-5-4-6-10-18/h1-17H,18,32H2;4-15H,16H2,1-3H3,(H,25,26). The van der Waals surface area contributed by atoms with Crippen molar-refractivity contribution >= 4 is 60.1 Å². The Kier molecular flexibility index (Phi) is 9.08. The van der Waals surface area contributed by atoms with Crippen LogP contribution in [0, 0.1) is 0 Å². The average molecular weight is 764 g/mol. The van der Waals surface area contributed by atoms with Crippen LogP contribution in [0.15, 0.2) is 185 Å². The van der Waals surface area contributed by atoms with E-state index < -0.39 is 0 Å². The SMILES string of the molecule is CN=C(NCc1ccc2c(c1)-c1ccccc1C2(C)C)c1ccccc1.NCc1cccc2oc3ccc(-c4ccc5c6ccccc6c6ccccc6c5c4)cc3c12. The van der Waals surface area contributed by atoms with Crippen molar-refractivity contribution in [3.05, 3.63) is 204 Å². The molecule has 0 unspecified atom stereocenters. The van der Waals surface area contributed by atoms with Gasteiger partial charge in [0.25, 0.3) is 0 Å². The van der Waals surface area contributed by atoms with Crippen molar-refractivity contribution in [3.63, 3.8) is 0 Å². The smallest absolute Gasteiger partial charge is 0.135 e. The first-order valence-electron chi connectivity index (χ1n) is 20.4. The summed E-state index contributed by atoms with van der Waals surface area (Å²) in [5.41, 5.74) is 19.3. The van der Waals surface area contributed by atoms with E-state index in [9.17, 15) is 0 Å². The Balaban J connectivity index is 0.000000147. The van der Waals surface area contributed by atoms with E-state index in [0.29, 0.717) is 6.54 Å². The number of rotatable bonds is 5. The molecule has 0 saturated heterocycles. The first-order valence-corrected chi connectivity index (χ1v) is 20.4. The van der Waals surface area contributed by atoms with Gasteiger partial charge in [0.1, 0.15) is 17.0 Å². The molecule has 286 valence electrons. The molecule has 0 spiro atoms. The summed E-state index contributed by atoms with van der Waals surface area (Å²) in [6.45, 7) is 5.88. The van der Waals surface area contributed by atoms with Gasteiger partial charge in [-0.2, -0.15) is 0 Å². The van der Waals surface area contributed by atoms with Gasteiger partial charge in [-0.1, -0.05) is 159 Å². The van der Waals surface area contributed by atoms with Crippen molar-refractivity contribution in [2.75, 3.05) is 7.05 Å². The molecule has 9 aromatic carbocycles. The zero-order chi connectivity index (χ0) is 40.1. The molecule has 3 N–H and O–H groups in total. The number of nitrogens with zero attached hydrogens (tertiary/aromatic N) is 1. The first-order chi connectivity index (χ1) is 28.9. The fourth-order valence-corrected chi connectivity index (χ4v) is 9.31. The topological polar surface area (TPSA) is 63.5 Å². The molecular weight excluding hydrogens is 719 g/mol. The number of furan rings is 1. The third-order valence-electron chi connectivity index (χ3n) is 12.3. The lowest BCUT2D eigenvalue weighted by Crippen LogP contribution is -2.24. The molecule has 1 heterocycles. The van der Waals surface area contributed by atoms with Crippen LogP contribution in [0.3, 0.4) is 0 Å². The molecule has 0 saturated carbocycles. The Hall–Kier alpha value is -7.01. The van der Waals surface area contributed by atoms with E-state index in [0.717, 1.165) is 45.4 Å². The highest BCUT2D eigenvalue weighted by Crippen LogP contribution is 2.48. The molecule has 0 bridgehead atoms. The van der Waals surface area contributed by atoms with Crippen LogP contribution >= 0.6 is 0 Å². The molecule has 1 aliphatic rings. The third kappa shape index (κ3) is 6.24. The fourth-order valence-electron chi connectivity index (χ4n) is 9.31. The lowest BCUT2D eigenvalue weighted by molar-refractivity contribution is 0.660. The van der Waals surface area contributed by atoms with Crippen LogP contribution in [0.25, 0.3) is 76.5 Å². The first kappa shape index (κ1) is 36.3. The maximum Gasteiger partial charge on any atom is 0.135 e. The number of amidine groups is 1. The van der Waals surface area contributed by atoms with Gasteiger partial charge in [0.15, 0.2) is 0 Å². The van der Waals surface area contributed by atoms with Gasteiger partial charge < -0.3 is 15.5 Å². The quantitative estimate of drug-likeness (QED) is 0.104. The Morgan fingerprint density at radius 3 is 1.86 bits per heavy atom. The van der Waals surface area contributed by atoms with Gasteiger partial charge >= 0.3 is 0 Å². The minimum atomic E-state index is 0.0674. The van der Waals surface area contributed by atoms with Crippen LogP contribution < -0.4 is 11.1 Å².